The maximum Gasteiger partial charge on any atom is 0.238 e. The Kier molecular flexibility index (Phi) is 6.27. The third kappa shape index (κ3) is 3.68. The zero-order chi connectivity index (χ0) is 28.8. The average molecular weight is 555 g/mol. The van der Waals surface area contributed by atoms with Gasteiger partial charge in [-0.15, -0.1) is 0 Å². The van der Waals surface area contributed by atoms with Crippen LogP contribution in [0.1, 0.15) is 56.8 Å². The zero-order valence-corrected chi connectivity index (χ0v) is 23.2. The summed E-state index contributed by atoms with van der Waals surface area (Å²) in [6.45, 7) is 2.47. The molecule has 4 atom stereocenters. The summed E-state index contributed by atoms with van der Waals surface area (Å²) in [5.41, 5.74) is 2.77. The normalized spacial score (nSPS) is 23.2. The number of Topliss-reactive ketones (excluding diaryl/α,β-unsaturated/α-hetero) is 2. The van der Waals surface area contributed by atoms with Gasteiger partial charge in [0.05, 0.1) is 24.1 Å². The number of fused-ring (bicyclic) bond motifs is 6. The van der Waals surface area contributed by atoms with E-state index < -0.39 is 23.4 Å². The molecule has 1 spiro atoms. The van der Waals surface area contributed by atoms with Crippen molar-refractivity contribution in [2.24, 2.45) is 5.92 Å². The molecular formula is C36H30N2O4. The number of anilines is 1. The van der Waals surface area contributed by atoms with Crippen LogP contribution in [0.15, 0.2) is 109 Å². The van der Waals surface area contributed by atoms with Gasteiger partial charge >= 0.3 is 0 Å². The summed E-state index contributed by atoms with van der Waals surface area (Å²) in [6, 6.07) is 30.1. The van der Waals surface area contributed by atoms with E-state index >= 15 is 0 Å². The van der Waals surface area contributed by atoms with Gasteiger partial charge in [0.2, 0.25) is 5.91 Å². The van der Waals surface area contributed by atoms with Crippen molar-refractivity contribution in [3.05, 3.63) is 137 Å². The molecular weight excluding hydrogens is 524 g/mol. The van der Waals surface area contributed by atoms with E-state index in [0.717, 1.165) is 23.1 Å². The first kappa shape index (κ1) is 26.0. The van der Waals surface area contributed by atoms with Gasteiger partial charge in [-0.1, -0.05) is 91.9 Å². The molecule has 3 heterocycles. The Hall–Kier alpha value is -4.97. The summed E-state index contributed by atoms with van der Waals surface area (Å²) in [4.78, 5) is 46.2. The third-order valence-corrected chi connectivity index (χ3v) is 8.79. The van der Waals surface area contributed by atoms with Gasteiger partial charge in [-0.05, 0) is 47.4 Å². The Morgan fingerprint density at radius 3 is 2.40 bits per heavy atom. The summed E-state index contributed by atoms with van der Waals surface area (Å²) in [5, 5.41) is 3.09. The molecule has 1 saturated heterocycles. The highest BCUT2D eigenvalue weighted by Crippen LogP contribution is 2.62. The number of para-hydroxylation sites is 2. The SMILES string of the molecule is CCCOc1ccccc1C(=O)[C@H]1[C@@H](C(=O)c2ccccc2)[C@]2(C(=O)Nc3ccccc32)[C@H]2c3ccccc3C=CN12. The molecule has 4 aromatic rings. The summed E-state index contributed by atoms with van der Waals surface area (Å²) >= 11 is 0. The molecule has 6 nitrogen and oxygen atoms in total. The molecule has 0 bridgehead atoms. The molecule has 7 rings (SSSR count). The molecule has 4 aromatic carbocycles. The number of rotatable bonds is 7. The van der Waals surface area contributed by atoms with Crippen LogP contribution in [0, 0.1) is 5.92 Å². The molecule has 42 heavy (non-hydrogen) atoms. The lowest BCUT2D eigenvalue weighted by Crippen LogP contribution is -2.49. The van der Waals surface area contributed by atoms with Crippen molar-refractivity contribution in [1.29, 1.82) is 0 Å². The fourth-order valence-electron chi connectivity index (χ4n) is 7.12. The van der Waals surface area contributed by atoms with E-state index in [1.807, 2.05) is 96.9 Å². The Bertz CT molecular complexity index is 1750. The molecule has 0 aromatic heterocycles. The van der Waals surface area contributed by atoms with Crippen molar-refractivity contribution in [3.8, 4) is 5.75 Å². The van der Waals surface area contributed by atoms with Crippen molar-refractivity contribution >= 4 is 29.2 Å². The summed E-state index contributed by atoms with van der Waals surface area (Å²) in [6.07, 6.45) is 4.64. The number of carbonyl (C=O) groups excluding carboxylic acids is 3. The van der Waals surface area contributed by atoms with E-state index in [1.54, 1.807) is 30.3 Å². The standard InChI is InChI=1S/C36H30N2O4/c1-2-22-42-29-19-11-8-16-26(29)33(40)31-30(32(39)24-13-4-3-5-14-24)36(27-17-9-10-18-28(27)37-35(36)41)34-25-15-7-6-12-23(25)20-21-38(31)34/h3-21,30-31,34H,2,22H2,1H3,(H,37,41)/t30-,31+,34+,36-/m0/s1. The van der Waals surface area contributed by atoms with E-state index in [9.17, 15) is 14.4 Å². The Balaban J connectivity index is 1.52. The minimum absolute atomic E-state index is 0.243. The van der Waals surface area contributed by atoms with Crippen LogP contribution in [-0.2, 0) is 10.2 Å². The van der Waals surface area contributed by atoms with Gasteiger partial charge in [-0.2, -0.15) is 0 Å². The molecule has 0 radical (unpaired) electrons. The number of hydrogen-bond acceptors (Lipinski definition) is 5. The summed E-state index contributed by atoms with van der Waals surface area (Å²) in [7, 11) is 0. The Morgan fingerprint density at radius 1 is 0.857 bits per heavy atom. The van der Waals surface area contributed by atoms with E-state index in [1.165, 1.54) is 0 Å². The van der Waals surface area contributed by atoms with E-state index in [-0.39, 0.29) is 17.5 Å². The van der Waals surface area contributed by atoms with Crippen molar-refractivity contribution < 1.29 is 19.1 Å². The first-order valence-corrected chi connectivity index (χ1v) is 14.4. The monoisotopic (exact) mass is 554 g/mol. The zero-order valence-electron chi connectivity index (χ0n) is 23.2. The maximum absolute atomic E-state index is 14.9. The molecule has 0 aliphatic carbocycles. The fourth-order valence-corrected chi connectivity index (χ4v) is 7.12. The Morgan fingerprint density at radius 2 is 1.57 bits per heavy atom. The predicted molar refractivity (Wildman–Crippen MR) is 161 cm³/mol. The van der Waals surface area contributed by atoms with Crippen LogP contribution in [0.25, 0.3) is 6.08 Å². The lowest BCUT2D eigenvalue weighted by molar-refractivity contribution is -0.122. The van der Waals surface area contributed by atoms with Gasteiger partial charge in [-0.25, -0.2) is 0 Å². The quantitative estimate of drug-likeness (QED) is 0.266. The van der Waals surface area contributed by atoms with Crippen LogP contribution >= 0.6 is 0 Å². The molecule has 3 aliphatic heterocycles. The van der Waals surface area contributed by atoms with Gasteiger partial charge in [0, 0.05) is 17.5 Å². The largest absolute Gasteiger partial charge is 0.493 e. The average Bonchev–Trinajstić information content (AvgIpc) is 3.52. The topological polar surface area (TPSA) is 75.7 Å². The van der Waals surface area contributed by atoms with Crippen LogP contribution in [0.4, 0.5) is 5.69 Å². The highest BCUT2D eigenvalue weighted by atomic mass is 16.5. The van der Waals surface area contributed by atoms with E-state index in [2.05, 4.69) is 5.32 Å². The molecule has 6 heteroatoms. The highest BCUT2D eigenvalue weighted by molar-refractivity contribution is 6.17. The fraction of sp³-hybridized carbons (Fsp3) is 0.194. The number of carbonyl (C=O) groups is 3. The molecule has 0 saturated carbocycles. The van der Waals surface area contributed by atoms with Crippen LogP contribution in [0.2, 0.25) is 0 Å². The number of ether oxygens (including phenoxy) is 1. The lowest BCUT2D eigenvalue weighted by Gasteiger charge is -2.38. The van der Waals surface area contributed by atoms with Crippen molar-refractivity contribution in [2.75, 3.05) is 11.9 Å². The van der Waals surface area contributed by atoms with Gasteiger partial charge in [-0.3, -0.25) is 14.4 Å². The van der Waals surface area contributed by atoms with Gasteiger partial charge in [0.25, 0.3) is 0 Å². The second kappa shape index (κ2) is 10.1. The van der Waals surface area contributed by atoms with Crippen LogP contribution < -0.4 is 10.1 Å². The second-order valence-corrected chi connectivity index (χ2v) is 11.0. The number of hydrogen-bond donors (Lipinski definition) is 1. The van der Waals surface area contributed by atoms with E-state index in [0.29, 0.717) is 29.2 Å². The first-order chi connectivity index (χ1) is 20.6. The van der Waals surface area contributed by atoms with Crippen molar-refractivity contribution in [1.82, 2.24) is 4.90 Å². The van der Waals surface area contributed by atoms with Crippen molar-refractivity contribution in [2.45, 2.75) is 30.8 Å². The molecule has 1 fully saturated rings. The number of nitrogens with zero attached hydrogens (tertiary/aromatic N) is 1. The van der Waals surface area contributed by atoms with E-state index in [4.69, 9.17) is 4.74 Å². The predicted octanol–water partition coefficient (Wildman–Crippen LogP) is 6.46. The van der Waals surface area contributed by atoms with Crippen LogP contribution in [-0.4, -0.2) is 35.0 Å². The number of benzene rings is 4. The minimum atomic E-state index is -1.36. The summed E-state index contributed by atoms with van der Waals surface area (Å²) < 4.78 is 6.01. The molecule has 0 unspecified atom stereocenters. The highest BCUT2D eigenvalue weighted by Gasteiger charge is 2.70. The maximum atomic E-state index is 14.9. The molecule has 1 amide bonds. The smallest absolute Gasteiger partial charge is 0.238 e. The first-order valence-electron chi connectivity index (χ1n) is 14.4. The van der Waals surface area contributed by atoms with Gasteiger partial charge < -0.3 is 15.0 Å². The van der Waals surface area contributed by atoms with Crippen molar-refractivity contribution in [3.63, 3.8) is 0 Å². The molecule has 1 N–H and O–H groups in total. The molecule has 208 valence electrons. The minimum Gasteiger partial charge on any atom is -0.493 e. The molecule has 3 aliphatic rings. The number of nitrogens with one attached hydrogen (secondary N) is 1. The van der Waals surface area contributed by atoms with Gasteiger partial charge in [0.1, 0.15) is 17.2 Å². The van der Waals surface area contributed by atoms with Crippen LogP contribution in [0.3, 0.4) is 0 Å². The Labute approximate surface area is 244 Å². The summed E-state index contributed by atoms with van der Waals surface area (Å²) in [5.74, 6) is -1.31. The number of ketones is 2. The second-order valence-electron chi connectivity index (χ2n) is 11.0. The lowest BCUT2D eigenvalue weighted by atomic mass is 9.62. The van der Waals surface area contributed by atoms with Gasteiger partial charge in [0.15, 0.2) is 11.6 Å². The van der Waals surface area contributed by atoms with Crippen LogP contribution in [0.5, 0.6) is 5.75 Å². The third-order valence-electron chi connectivity index (χ3n) is 8.79. The number of amides is 1.